The lowest BCUT2D eigenvalue weighted by Gasteiger charge is -2.25. The highest BCUT2D eigenvalue weighted by molar-refractivity contribution is 5.77. The summed E-state index contributed by atoms with van der Waals surface area (Å²) in [4.78, 5) is 26.6. The zero-order valence-corrected chi connectivity index (χ0v) is 18.6. The van der Waals surface area contributed by atoms with Crippen molar-refractivity contribution < 1.29 is 28.5 Å². The van der Waals surface area contributed by atoms with E-state index in [2.05, 4.69) is 0 Å². The molecule has 0 spiro atoms. The van der Waals surface area contributed by atoms with Gasteiger partial charge in [-0.15, -0.1) is 0 Å². The second-order valence-corrected chi connectivity index (χ2v) is 9.06. The highest BCUT2D eigenvalue weighted by Gasteiger charge is 2.43. The molecule has 1 aliphatic heterocycles. The van der Waals surface area contributed by atoms with Crippen LogP contribution in [0, 0.1) is 5.92 Å². The Hall–Kier alpha value is -2.44. The maximum atomic E-state index is 12.9. The van der Waals surface area contributed by atoms with E-state index in [9.17, 15) is 9.59 Å². The van der Waals surface area contributed by atoms with Gasteiger partial charge in [0, 0.05) is 19.0 Å². The van der Waals surface area contributed by atoms with Crippen molar-refractivity contribution in [1.29, 1.82) is 0 Å². The number of esters is 1. The Morgan fingerprint density at radius 2 is 1.73 bits per heavy atom. The third-order valence-corrected chi connectivity index (χ3v) is 5.67. The first-order valence-electron chi connectivity index (χ1n) is 10.6. The smallest absolute Gasteiger partial charge is 0.409 e. The van der Waals surface area contributed by atoms with Gasteiger partial charge in [0.1, 0.15) is 5.60 Å². The molecular weight excluding hydrogens is 386 g/mol. The predicted molar refractivity (Wildman–Crippen MR) is 112 cm³/mol. The minimum Gasteiger partial charge on any atom is -0.493 e. The molecule has 166 valence electrons. The molecule has 0 N–H and O–H groups in total. The third-order valence-electron chi connectivity index (χ3n) is 5.67. The molecule has 1 amide bonds. The predicted octanol–water partition coefficient (Wildman–Crippen LogP) is 4.14. The number of carbonyl (C=O) groups excluding carboxylic acids is 2. The van der Waals surface area contributed by atoms with Crippen LogP contribution in [-0.2, 0) is 14.3 Å². The van der Waals surface area contributed by atoms with Crippen LogP contribution in [0.5, 0.6) is 11.5 Å². The summed E-state index contributed by atoms with van der Waals surface area (Å²) in [5, 5.41) is 0. The lowest BCUT2D eigenvalue weighted by Crippen LogP contribution is -2.33. The number of hydrogen-bond donors (Lipinski definition) is 0. The molecular formula is C23H33NO6. The molecule has 1 aromatic carbocycles. The molecule has 2 atom stereocenters. The van der Waals surface area contributed by atoms with E-state index >= 15 is 0 Å². The zero-order chi connectivity index (χ0) is 21.9. The summed E-state index contributed by atoms with van der Waals surface area (Å²) in [6.07, 6.45) is 4.16. The SMILES string of the molecule is COC(=O)N1C[C@@H](C(=O)OC(C)(C)C)[C@H](c2ccc(OC)c(OC3CCCC3)c2)C1. The first-order valence-corrected chi connectivity index (χ1v) is 10.6. The quantitative estimate of drug-likeness (QED) is 0.668. The van der Waals surface area contributed by atoms with Crippen LogP contribution in [0.4, 0.5) is 4.79 Å². The van der Waals surface area contributed by atoms with Gasteiger partial charge in [-0.25, -0.2) is 4.79 Å². The molecule has 3 rings (SSSR count). The zero-order valence-electron chi connectivity index (χ0n) is 18.6. The van der Waals surface area contributed by atoms with Gasteiger partial charge in [-0.2, -0.15) is 0 Å². The normalized spacial score (nSPS) is 22.1. The van der Waals surface area contributed by atoms with Gasteiger partial charge >= 0.3 is 12.1 Å². The van der Waals surface area contributed by atoms with Crippen molar-refractivity contribution in [1.82, 2.24) is 4.90 Å². The summed E-state index contributed by atoms with van der Waals surface area (Å²) in [6.45, 7) is 6.17. The fourth-order valence-electron chi connectivity index (χ4n) is 4.24. The van der Waals surface area contributed by atoms with Crippen LogP contribution in [-0.4, -0.2) is 56.0 Å². The average molecular weight is 420 g/mol. The second-order valence-electron chi connectivity index (χ2n) is 9.06. The molecule has 7 nitrogen and oxygen atoms in total. The summed E-state index contributed by atoms with van der Waals surface area (Å²) in [6, 6.07) is 5.75. The minimum atomic E-state index is -0.600. The van der Waals surface area contributed by atoms with Crippen LogP contribution in [0.15, 0.2) is 18.2 Å². The molecule has 0 aromatic heterocycles. The van der Waals surface area contributed by atoms with Crippen LogP contribution < -0.4 is 9.47 Å². The van der Waals surface area contributed by atoms with Crippen LogP contribution in [0.2, 0.25) is 0 Å². The van der Waals surface area contributed by atoms with E-state index in [-0.39, 0.29) is 24.5 Å². The number of rotatable bonds is 5. The van der Waals surface area contributed by atoms with Gasteiger partial charge in [-0.1, -0.05) is 6.07 Å². The molecule has 1 aliphatic carbocycles. The molecule has 30 heavy (non-hydrogen) atoms. The maximum Gasteiger partial charge on any atom is 0.409 e. The highest BCUT2D eigenvalue weighted by Crippen LogP contribution is 2.39. The van der Waals surface area contributed by atoms with Crippen LogP contribution in [0.3, 0.4) is 0 Å². The fourth-order valence-corrected chi connectivity index (χ4v) is 4.24. The van der Waals surface area contributed by atoms with Crippen molar-refractivity contribution in [2.24, 2.45) is 5.92 Å². The number of ether oxygens (including phenoxy) is 4. The Morgan fingerprint density at radius 1 is 1.03 bits per heavy atom. The van der Waals surface area contributed by atoms with Crippen LogP contribution in [0.25, 0.3) is 0 Å². The molecule has 0 unspecified atom stereocenters. The average Bonchev–Trinajstić information content (AvgIpc) is 3.36. The Kier molecular flexibility index (Phi) is 6.78. The number of benzene rings is 1. The van der Waals surface area contributed by atoms with E-state index in [1.165, 1.54) is 20.0 Å². The molecule has 1 saturated heterocycles. The van der Waals surface area contributed by atoms with Crippen molar-refractivity contribution in [2.45, 2.75) is 64.1 Å². The van der Waals surface area contributed by atoms with Crippen LogP contribution in [0.1, 0.15) is 57.9 Å². The van der Waals surface area contributed by atoms with Gasteiger partial charge < -0.3 is 23.8 Å². The minimum absolute atomic E-state index is 0.186. The van der Waals surface area contributed by atoms with E-state index in [0.29, 0.717) is 18.0 Å². The number of methoxy groups -OCH3 is 2. The van der Waals surface area contributed by atoms with Gasteiger partial charge in [0.15, 0.2) is 11.5 Å². The van der Waals surface area contributed by atoms with Gasteiger partial charge in [-0.3, -0.25) is 4.79 Å². The van der Waals surface area contributed by atoms with Crippen molar-refractivity contribution >= 4 is 12.1 Å². The number of likely N-dealkylation sites (tertiary alicyclic amines) is 1. The summed E-state index contributed by atoms with van der Waals surface area (Å²) in [5.74, 6) is 0.350. The van der Waals surface area contributed by atoms with Crippen molar-refractivity contribution in [3.8, 4) is 11.5 Å². The standard InChI is InChI=1S/C23H33NO6/c1-23(2,3)30-21(25)18-14-24(22(26)28-5)13-17(18)15-10-11-19(27-4)20(12-15)29-16-8-6-7-9-16/h10-12,16-18H,6-9,13-14H2,1-5H3/t17-,18+/m0/s1. The number of carbonyl (C=O) groups is 2. The molecule has 7 heteroatoms. The second kappa shape index (κ2) is 9.14. The highest BCUT2D eigenvalue weighted by atomic mass is 16.6. The van der Waals surface area contributed by atoms with E-state index in [4.69, 9.17) is 18.9 Å². The van der Waals surface area contributed by atoms with E-state index in [1.807, 2.05) is 39.0 Å². The topological polar surface area (TPSA) is 74.3 Å². The van der Waals surface area contributed by atoms with Gasteiger partial charge in [0.25, 0.3) is 0 Å². The summed E-state index contributed by atoms with van der Waals surface area (Å²) in [5.41, 5.74) is 0.322. The third kappa shape index (κ3) is 5.18. The summed E-state index contributed by atoms with van der Waals surface area (Å²) < 4.78 is 22.2. The molecule has 1 aromatic rings. The van der Waals surface area contributed by atoms with E-state index in [1.54, 1.807) is 12.0 Å². The lowest BCUT2D eigenvalue weighted by atomic mass is 9.88. The van der Waals surface area contributed by atoms with Gasteiger partial charge in [0.2, 0.25) is 0 Å². The Morgan fingerprint density at radius 3 is 2.33 bits per heavy atom. The molecule has 0 bridgehead atoms. The summed E-state index contributed by atoms with van der Waals surface area (Å²) >= 11 is 0. The fraction of sp³-hybridized carbons (Fsp3) is 0.652. The largest absolute Gasteiger partial charge is 0.493 e. The molecule has 0 radical (unpaired) electrons. The van der Waals surface area contributed by atoms with Gasteiger partial charge in [-0.05, 0) is 64.2 Å². The molecule has 1 heterocycles. The van der Waals surface area contributed by atoms with Crippen molar-refractivity contribution in [2.75, 3.05) is 27.3 Å². The maximum absolute atomic E-state index is 12.9. The van der Waals surface area contributed by atoms with Gasteiger partial charge in [0.05, 0.1) is 26.2 Å². The number of nitrogens with zero attached hydrogens (tertiary/aromatic N) is 1. The Balaban J connectivity index is 1.88. The van der Waals surface area contributed by atoms with Crippen molar-refractivity contribution in [3.05, 3.63) is 23.8 Å². The first-order chi connectivity index (χ1) is 14.2. The van der Waals surface area contributed by atoms with Crippen molar-refractivity contribution in [3.63, 3.8) is 0 Å². The lowest BCUT2D eigenvalue weighted by molar-refractivity contribution is -0.159. The molecule has 2 aliphatic rings. The Bertz CT molecular complexity index is 765. The number of hydrogen-bond acceptors (Lipinski definition) is 6. The van der Waals surface area contributed by atoms with E-state index in [0.717, 1.165) is 18.4 Å². The molecule has 2 fully saturated rings. The first kappa shape index (κ1) is 22.2. The summed E-state index contributed by atoms with van der Waals surface area (Å²) in [7, 11) is 2.97. The van der Waals surface area contributed by atoms with Crippen LogP contribution >= 0.6 is 0 Å². The van der Waals surface area contributed by atoms with E-state index < -0.39 is 17.6 Å². The molecule has 1 saturated carbocycles. The number of amides is 1. The monoisotopic (exact) mass is 419 g/mol. The Labute approximate surface area is 178 Å².